The summed E-state index contributed by atoms with van der Waals surface area (Å²) in [6.45, 7) is 0. The third-order valence-corrected chi connectivity index (χ3v) is 5.40. The normalized spacial score (nSPS) is 20.4. The molecule has 1 aliphatic heterocycles. The maximum atomic E-state index is 12.2. The van der Waals surface area contributed by atoms with Gasteiger partial charge in [0.15, 0.2) is 0 Å². The molecule has 0 saturated heterocycles. The Morgan fingerprint density at radius 1 is 1.22 bits per heavy atom. The molecule has 120 valence electrons. The van der Waals surface area contributed by atoms with E-state index in [0.29, 0.717) is 26.4 Å². The summed E-state index contributed by atoms with van der Waals surface area (Å²) in [6, 6.07) is 10.5. The summed E-state index contributed by atoms with van der Waals surface area (Å²) < 4.78 is 5.13. The number of hydrogen-bond donors (Lipinski definition) is 2. The molecule has 23 heavy (non-hydrogen) atoms. The second-order valence-electron chi connectivity index (χ2n) is 5.01. The Hall–Kier alpha value is -1.40. The minimum atomic E-state index is -1.21. The summed E-state index contributed by atoms with van der Waals surface area (Å²) in [5.74, 6) is 0.207. The number of hydrogen-bond acceptors (Lipinski definition) is 4. The van der Waals surface area contributed by atoms with Crippen molar-refractivity contribution in [3.05, 3.63) is 52.0 Å². The zero-order chi connectivity index (χ0) is 16.6. The van der Waals surface area contributed by atoms with Gasteiger partial charge in [-0.15, -0.1) is 11.8 Å². The fourth-order valence-electron chi connectivity index (χ4n) is 2.34. The van der Waals surface area contributed by atoms with Gasteiger partial charge in [0.05, 0.1) is 23.1 Å². The molecule has 4 nitrogen and oxygen atoms in total. The van der Waals surface area contributed by atoms with Gasteiger partial charge in [0.2, 0.25) is 0 Å². The van der Waals surface area contributed by atoms with E-state index in [-0.39, 0.29) is 0 Å². The van der Waals surface area contributed by atoms with Crippen LogP contribution >= 0.6 is 35.0 Å². The number of rotatable bonds is 2. The maximum absolute atomic E-state index is 12.2. The fraction of sp³-hybridized carbons (Fsp3) is 0.188. The van der Waals surface area contributed by atoms with Gasteiger partial charge in [-0.25, -0.2) is 0 Å². The minimum absolute atomic E-state index is 0.343. The Morgan fingerprint density at radius 3 is 2.57 bits per heavy atom. The average Bonchev–Trinajstić information content (AvgIpc) is 2.66. The van der Waals surface area contributed by atoms with Gasteiger partial charge in [-0.3, -0.25) is 4.79 Å². The first kappa shape index (κ1) is 16.5. The van der Waals surface area contributed by atoms with Crippen LogP contribution in [0.1, 0.15) is 10.8 Å². The molecule has 1 amide bonds. The van der Waals surface area contributed by atoms with E-state index in [2.05, 4.69) is 5.32 Å². The molecular formula is C16H13Cl2NO3S. The van der Waals surface area contributed by atoms with Crippen molar-refractivity contribution in [2.75, 3.05) is 12.4 Å². The Morgan fingerprint density at radius 2 is 1.91 bits per heavy atom. The van der Waals surface area contributed by atoms with Crippen LogP contribution in [-0.4, -0.2) is 24.2 Å². The Labute approximate surface area is 147 Å². The Kier molecular flexibility index (Phi) is 4.73. The number of aliphatic hydroxyl groups is 1. The Balaban J connectivity index is 2.03. The quantitative estimate of drug-likeness (QED) is 0.834. The first-order valence-corrected chi connectivity index (χ1v) is 8.41. The average molecular weight is 370 g/mol. The van der Waals surface area contributed by atoms with Crippen LogP contribution in [0.25, 0.3) is 0 Å². The zero-order valence-corrected chi connectivity index (χ0v) is 14.4. The molecule has 0 radical (unpaired) electrons. The van der Waals surface area contributed by atoms with Crippen LogP contribution in [0, 0.1) is 0 Å². The third-order valence-electron chi connectivity index (χ3n) is 3.52. The molecule has 3 rings (SSSR count). The third kappa shape index (κ3) is 3.28. The van der Waals surface area contributed by atoms with Gasteiger partial charge in [-0.1, -0.05) is 35.3 Å². The van der Waals surface area contributed by atoms with Crippen molar-refractivity contribution in [2.45, 2.75) is 16.2 Å². The number of amides is 1. The highest BCUT2D eigenvalue weighted by atomic mass is 35.5. The summed E-state index contributed by atoms with van der Waals surface area (Å²) in [7, 11) is 1.58. The van der Waals surface area contributed by atoms with Crippen LogP contribution in [0.5, 0.6) is 5.75 Å². The highest BCUT2D eigenvalue weighted by molar-refractivity contribution is 7.99. The highest BCUT2D eigenvalue weighted by Crippen LogP contribution is 2.47. The van der Waals surface area contributed by atoms with Crippen LogP contribution in [0.2, 0.25) is 10.0 Å². The number of halogens is 2. The molecule has 0 aromatic heterocycles. The molecular weight excluding hydrogens is 357 g/mol. The number of methoxy groups -OCH3 is 1. The lowest BCUT2D eigenvalue weighted by atomic mass is 10.1. The summed E-state index contributed by atoms with van der Waals surface area (Å²) in [6.07, 6.45) is -1.21. The molecule has 7 heteroatoms. The van der Waals surface area contributed by atoms with Crippen molar-refractivity contribution in [1.29, 1.82) is 0 Å². The van der Waals surface area contributed by atoms with E-state index >= 15 is 0 Å². The summed E-state index contributed by atoms with van der Waals surface area (Å²) in [5, 5.41) is 13.4. The van der Waals surface area contributed by atoms with E-state index in [1.54, 1.807) is 31.4 Å². The number of fused-ring (bicyclic) bond motifs is 1. The number of anilines is 1. The number of thioether (sulfide) groups is 1. The van der Waals surface area contributed by atoms with Gasteiger partial charge in [0.1, 0.15) is 11.9 Å². The van der Waals surface area contributed by atoms with Gasteiger partial charge in [0, 0.05) is 9.92 Å². The van der Waals surface area contributed by atoms with Gasteiger partial charge >= 0.3 is 0 Å². The first-order chi connectivity index (χ1) is 11.0. The second kappa shape index (κ2) is 6.61. The van der Waals surface area contributed by atoms with Crippen LogP contribution in [0.3, 0.4) is 0 Å². The SMILES string of the molecule is COc1ccc(C2Sc3cc(Cl)cc(Cl)c3NC(=O)C2O)cc1. The van der Waals surface area contributed by atoms with Crippen molar-refractivity contribution < 1.29 is 14.6 Å². The Bertz CT molecular complexity index is 752. The lowest BCUT2D eigenvalue weighted by Gasteiger charge is -2.19. The van der Waals surface area contributed by atoms with Crippen LogP contribution in [0.4, 0.5) is 5.69 Å². The molecule has 2 N–H and O–H groups in total. The molecule has 2 atom stereocenters. The molecule has 1 heterocycles. The summed E-state index contributed by atoms with van der Waals surface area (Å²) >= 11 is 13.5. The molecule has 0 fully saturated rings. The van der Waals surface area contributed by atoms with E-state index in [4.69, 9.17) is 27.9 Å². The second-order valence-corrected chi connectivity index (χ2v) is 7.03. The number of ether oxygens (including phenoxy) is 1. The smallest absolute Gasteiger partial charge is 0.254 e. The standard InChI is InChI=1S/C16H13Cl2NO3S/c1-22-10-4-2-8(3-5-10)15-14(20)16(21)19-13-11(18)6-9(17)7-12(13)23-15/h2-7,14-15,20H,1H3,(H,19,21). The molecule has 2 aromatic carbocycles. The number of nitrogens with one attached hydrogen (secondary N) is 1. The first-order valence-electron chi connectivity index (χ1n) is 6.78. The number of benzene rings is 2. The van der Waals surface area contributed by atoms with E-state index in [9.17, 15) is 9.90 Å². The number of carbonyl (C=O) groups is 1. The van der Waals surface area contributed by atoms with E-state index in [1.807, 2.05) is 12.1 Å². The fourth-order valence-corrected chi connectivity index (χ4v) is 4.30. The van der Waals surface area contributed by atoms with E-state index in [0.717, 1.165) is 5.56 Å². The summed E-state index contributed by atoms with van der Waals surface area (Å²) in [4.78, 5) is 12.9. The van der Waals surface area contributed by atoms with Crippen molar-refractivity contribution >= 4 is 46.6 Å². The topological polar surface area (TPSA) is 58.6 Å². The molecule has 1 aliphatic rings. The molecule has 0 spiro atoms. The zero-order valence-electron chi connectivity index (χ0n) is 12.0. The van der Waals surface area contributed by atoms with Crippen molar-refractivity contribution in [1.82, 2.24) is 0 Å². The molecule has 0 saturated carbocycles. The number of aliphatic hydroxyl groups excluding tert-OH is 1. The predicted molar refractivity (Wildman–Crippen MR) is 92.7 cm³/mol. The maximum Gasteiger partial charge on any atom is 0.254 e. The van der Waals surface area contributed by atoms with E-state index in [1.165, 1.54) is 11.8 Å². The predicted octanol–water partition coefficient (Wildman–Crippen LogP) is 4.15. The molecule has 2 unspecified atom stereocenters. The minimum Gasteiger partial charge on any atom is -0.497 e. The van der Waals surface area contributed by atoms with Gasteiger partial charge in [-0.05, 0) is 29.8 Å². The number of carbonyl (C=O) groups excluding carboxylic acids is 1. The van der Waals surface area contributed by atoms with Gasteiger partial charge < -0.3 is 15.2 Å². The molecule has 2 aromatic rings. The summed E-state index contributed by atoms with van der Waals surface area (Å²) in [5.41, 5.74) is 1.28. The molecule has 0 aliphatic carbocycles. The molecule has 0 bridgehead atoms. The van der Waals surface area contributed by atoms with E-state index < -0.39 is 17.3 Å². The van der Waals surface area contributed by atoms with Crippen molar-refractivity contribution in [3.63, 3.8) is 0 Å². The van der Waals surface area contributed by atoms with Gasteiger partial charge in [-0.2, -0.15) is 0 Å². The largest absolute Gasteiger partial charge is 0.497 e. The lowest BCUT2D eigenvalue weighted by molar-refractivity contribution is -0.124. The van der Waals surface area contributed by atoms with Crippen molar-refractivity contribution in [2.24, 2.45) is 0 Å². The highest BCUT2D eigenvalue weighted by Gasteiger charge is 2.33. The monoisotopic (exact) mass is 369 g/mol. The van der Waals surface area contributed by atoms with Crippen molar-refractivity contribution in [3.8, 4) is 5.75 Å². The van der Waals surface area contributed by atoms with Crippen LogP contribution in [0.15, 0.2) is 41.3 Å². The van der Waals surface area contributed by atoms with Crippen LogP contribution in [-0.2, 0) is 4.79 Å². The van der Waals surface area contributed by atoms with Gasteiger partial charge in [0.25, 0.3) is 5.91 Å². The van der Waals surface area contributed by atoms with Crippen LogP contribution < -0.4 is 10.1 Å². The lowest BCUT2D eigenvalue weighted by Crippen LogP contribution is -2.30.